The summed E-state index contributed by atoms with van der Waals surface area (Å²) >= 11 is 0. The second-order valence-corrected chi connectivity index (χ2v) is 11.8. The predicted molar refractivity (Wildman–Crippen MR) is 167 cm³/mol. The number of primary amides is 1. The Kier molecular flexibility index (Phi) is 12.6. The molecule has 0 heterocycles. The van der Waals surface area contributed by atoms with Crippen LogP contribution in [-0.2, 0) is 29.0 Å². The highest BCUT2D eigenvalue weighted by Gasteiger charge is 2.48. The lowest BCUT2D eigenvalue weighted by Gasteiger charge is -2.42. The number of carbonyl (C=O) groups is 2. The van der Waals surface area contributed by atoms with Crippen molar-refractivity contribution in [2.24, 2.45) is 17.1 Å². The molecule has 2 aromatic rings. The zero-order valence-electron chi connectivity index (χ0n) is 26.0. The minimum absolute atomic E-state index is 0.0129. The van der Waals surface area contributed by atoms with Crippen LogP contribution >= 0.6 is 0 Å². The van der Waals surface area contributed by atoms with E-state index in [1.54, 1.807) is 24.0 Å². The Morgan fingerprint density at radius 1 is 1.00 bits per heavy atom. The van der Waals surface area contributed by atoms with E-state index in [0.717, 1.165) is 37.3 Å². The Balaban J connectivity index is 1.96. The second kappa shape index (κ2) is 15.9. The lowest BCUT2D eigenvalue weighted by molar-refractivity contribution is -0.132. The van der Waals surface area contributed by atoms with E-state index in [1.807, 2.05) is 26.0 Å². The maximum Gasteiger partial charge on any atom is 0.249 e. The summed E-state index contributed by atoms with van der Waals surface area (Å²) in [5.41, 5.74) is 8.35. The number of nitrogens with one attached hydrogen (secondary N) is 1. The number of amides is 2. The summed E-state index contributed by atoms with van der Waals surface area (Å²) in [6.07, 6.45) is 5.90. The highest BCUT2D eigenvalue weighted by Crippen LogP contribution is 2.44. The van der Waals surface area contributed by atoms with Gasteiger partial charge in [0.05, 0.1) is 11.5 Å². The lowest BCUT2D eigenvalue weighted by atomic mass is 9.63. The first-order valence-corrected chi connectivity index (χ1v) is 15.4. The van der Waals surface area contributed by atoms with Gasteiger partial charge in [-0.2, -0.15) is 0 Å². The molecule has 2 amide bonds. The third-order valence-corrected chi connectivity index (χ3v) is 8.09. The van der Waals surface area contributed by atoms with Crippen molar-refractivity contribution >= 4 is 11.8 Å². The van der Waals surface area contributed by atoms with Crippen LogP contribution in [0.5, 0.6) is 0 Å². The van der Waals surface area contributed by atoms with Crippen molar-refractivity contribution in [2.45, 2.75) is 78.9 Å². The Morgan fingerprint density at radius 2 is 1.65 bits per heavy atom. The van der Waals surface area contributed by atoms with Gasteiger partial charge in [0.2, 0.25) is 11.8 Å². The number of hydrogen-bond acceptors (Lipinski definition) is 4. The quantitative estimate of drug-likeness (QED) is 0.235. The van der Waals surface area contributed by atoms with Gasteiger partial charge in [-0.05, 0) is 67.9 Å². The second-order valence-electron chi connectivity index (χ2n) is 11.8. The summed E-state index contributed by atoms with van der Waals surface area (Å²) in [6, 6.07) is 11.4. The summed E-state index contributed by atoms with van der Waals surface area (Å²) in [4.78, 5) is 28.9. The van der Waals surface area contributed by atoms with Crippen molar-refractivity contribution in [3.63, 3.8) is 0 Å². The molecule has 43 heavy (non-hydrogen) atoms. The average Bonchev–Trinajstić information content (AvgIpc) is 2.94. The number of halogens is 2. The fraction of sp³-hybridized carbons (Fsp3) is 0.486. The first-order chi connectivity index (χ1) is 20.5. The molecule has 2 aromatic carbocycles. The van der Waals surface area contributed by atoms with E-state index >= 15 is 0 Å². The number of aliphatic hydroxyl groups excluding tert-OH is 1. The molecular formula is C35H47F2N3O3. The van der Waals surface area contributed by atoms with Crippen LogP contribution < -0.4 is 11.1 Å². The van der Waals surface area contributed by atoms with E-state index < -0.39 is 35.0 Å². The fourth-order valence-corrected chi connectivity index (χ4v) is 6.25. The summed E-state index contributed by atoms with van der Waals surface area (Å²) in [5.74, 6) is -3.24. The number of rotatable bonds is 16. The van der Waals surface area contributed by atoms with Crippen LogP contribution in [-0.4, -0.2) is 47.6 Å². The SMILES string of the molecule is CCCc1cccc(CNC[C@H](O)[C@@H](Cc2cc(F)cc(F)c2)C2(C(N)=O)C=C(C)C=C(C(=O)N(CCC)CCC)C2)c1. The maximum absolute atomic E-state index is 14.2. The van der Waals surface area contributed by atoms with E-state index in [1.165, 1.54) is 17.7 Å². The predicted octanol–water partition coefficient (Wildman–Crippen LogP) is 5.62. The number of aryl methyl sites for hydroxylation is 1. The Labute approximate surface area is 255 Å². The molecule has 0 saturated carbocycles. The van der Waals surface area contributed by atoms with E-state index in [2.05, 4.69) is 24.4 Å². The zero-order valence-corrected chi connectivity index (χ0v) is 26.0. The van der Waals surface area contributed by atoms with Crippen LogP contribution in [0.15, 0.2) is 65.8 Å². The van der Waals surface area contributed by atoms with Gasteiger partial charge < -0.3 is 21.1 Å². The van der Waals surface area contributed by atoms with Gasteiger partial charge in [-0.15, -0.1) is 0 Å². The Bertz CT molecular complexity index is 1300. The molecule has 4 N–H and O–H groups in total. The number of benzene rings is 2. The fourth-order valence-electron chi connectivity index (χ4n) is 6.25. The van der Waals surface area contributed by atoms with Crippen LogP contribution in [0.25, 0.3) is 0 Å². The topological polar surface area (TPSA) is 95.7 Å². The molecule has 8 heteroatoms. The molecule has 3 atom stereocenters. The molecule has 0 saturated heterocycles. The van der Waals surface area contributed by atoms with Crippen molar-refractivity contribution in [3.8, 4) is 0 Å². The normalized spacial score (nSPS) is 18.0. The molecule has 234 valence electrons. The van der Waals surface area contributed by atoms with Crippen molar-refractivity contribution in [1.29, 1.82) is 0 Å². The molecule has 3 rings (SSSR count). The van der Waals surface area contributed by atoms with Gasteiger partial charge in [0.25, 0.3) is 0 Å². The highest BCUT2D eigenvalue weighted by atomic mass is 19.1. The average molecular weight is 596 g/mol. The minimum Gasteiger partial charge on any atom is -0.391 e. The third kappa shape index (κ3) is 9.07. The van der Waals surface area contributed by atoms with Crippen LogP contribution in [0.4, 0.5) is 8.78 Å². The Hall–Kier alpha value is -3.36. The van der Waals surface area contributed by atoms with E-state index in [0.29, 0.717) is 36.3 Å². The first kappa shape index (κ1) is 34.1. The van der Waals surface area contributed by atoms with E-state index in [4.69, 9.17) is 5.73 Å². The van der Waals surface area contributed by atoms with Gasteiger partial charge in [-0.25, -0.2) is 8.78 Å². The smallest absolute Gasteiger partial charge is 0.249 e. The van der Waals surface area contributed by atoms with Gasteiger partial charge in [0, 0.05) is 43.7 Å². The number of nitrogens with zero attached hydrogens (tertiary/aromatic N) is 1. The standard InChI is InChI=1S/C35H47F2N3O3/c1-5-9-25-10-8-11-26(15-25)22-39-23-32(41)31(18-27-16-29(36)19-30(37)17-27)35(34(38)43)20-24(4)14-28(21-35)33(42)40(12-6-2)13-7-3/h8,10-11,14-17,19-20,31-32,39,41H,5-7,9,12-13,18,21-23H2,1-4H3,(H2,38,43)/t31-,32+,35?/m1/s1. The van der Waals surface area contributed by atoms with Crippen molar-refractivity contribution < 1.29 is 23.5 Å². The van der Waals surface area contributed by atoms with Gasteiger partial charge in [-0.1, -0.05) is 69.2 Å². The van der Waals surface area contributed by atoms with Gasteiger partial charge >= 0.3 is 0 Å². The molecule has 0 radical (unpaired) electrons. The number of allylic oxidation sites excluding steroid dienone is 2. The van der Waals surface area contributed by atoms with Gasteiger partial charge in [0.1, 0.15) is 11.6 Å². The molecule has 1 aliphatic rings. The van der Waals surface area contributed by atoms with Gasteiger partial charge in [-0.3, -0.25) is 9.59 Å². The summed E-state index contributed by atoms with van der Waals surface area (Å²) in [6.45, 7) is 9.67. The lowest BCUT2D eigenvalue weighted by Crippen LogP contribution is -2.51. The number of hydrogen-bond donors (Lipinski definition) is 3. The van der Waals surface area contributed by atoms with E-state index in [9.17, 15) is 23.5 Å². The zero-order chi connectivity index (χ0) is 31.6. The van der Waals surface area contributed by atoms with Gasteiger partial charge in [0.15, 0.2) is 0 Å². The number of carbonyl (C=O) groups excluding carboxylic acids is 2. The molecule has 1 aliphatic carbocycles. The van der Waals surface area contributed by atoms with Crippen LogP contribution in [0, 0.1) is 23.0 Å². The van der Waals surface area contributed by atoms with Crippen molar-refractivity contribution in [2.75, 3.05) is 19.6 Å². The molecule has 6 nitrogen and oxygen atoms in total. The third-order valence-electron chi connectivity index (χ3n) is 8.09. The van der Waals surface area contributed by atoms with E-state index in [-0.39, 0.29) is 25.3 Å². The summed E-state index contributed by atoms with van der Waals surface area (Å²) in [5, 5.41) is 15.0. The first-order valence-electron chi connectivity index (χ1n) is 15.4. The van der Waals surface area contributed by atoms with Crippen LogP contribution in [0.1, 0.15) is 70.1 Å². The molecule has 0 fully saturated rings. The number of nitrogens with two attached hydrogens (primary N) is 1. The molecule has 0 aliphatic heterocycles. The summed E-state index contributed by atoms with van der Waals surface area (Å²) in [7, 11) is 0. The van der Waals surface area contributed by atoms with Crippen LogP contribution in [0.2, 0.25) is 0 Å². The molecule has 0 spiro atoms. The maximum atomic E-state index is 14.2. The molecule has 0 aromatic heterocycles. The summed E-state index contributed by atoms with van der Waals surface area (Å²) < 4.78 is 28.5. The largest absolute Gasteiger partial charge is 0.391 e. The van der Waals surface area contributed by atoms with Crippen LogP contribution in [0.3, 0.4) is 0 Å². The number of aliphatic hydroxyl groups is 1. The van der Waals surface area contributed by atoms with Crippen molar-refractivity contribution in [3.05, 3.63) is 94.1 Å². The van der Waals surface area contributed by atoms with Crippen molar-refractivity contribution in [1.82, 2.24) is 10.2 Å². The Morgan fingerprint density at radius 3 is 2.26 bits per heavy atom. The molecule has 0 bridgehead atoms. The minimum atomic E-state index is -1.46. The highest BCUT2D eigenvalue weighted by molar-refractivity contribution is 5.97. The monoisotopic (exact) mass is 595 g/mol. The molecule has 1 unspecified atom stereocenters. The molecular weight excluding hydrogens is 548 g/mol.